The molecule has 2 aromatic rings. The standard InChI is InChI=1S/C12H12F3NO/c1-11(2,3)10-16-8-6-7(12(13,14)15)4-5-9(8)17-10/h4-6H,1-3H3. The van der Waals surface area contributed by atoms with E-state index in [0.717, 1.165) is 12.1 Å². The summed E-state index contributed by atoms with van der Waals surface area (Å²) in [6.07, 6.45) is -4.35. The third-order valence-corrected chi connectivity index (χ3v) is 2.36. The second kappa shape index (κ2) is 3.48. The molecule has 0 saturated heterocycles. The van der Waals surface area contributed by atoms with Crippen LogP contribution < -0.4 is 0 Å². The number of nitrogens with zero attached hydrogens (tertiary/aromatic N) is 1. The Morgan fingerprint density at radius 1 is 1.12 bits per heavy atom. The van der Waals surface area contributed by atoms with Crippen molar-refractivity contribution in [2.24, 2.45) is 0 Å². The van der Waals surface area contributed by atoms with Crippen molar-refractivity contribution in [3.05, 3.63) is 29.7 Å². The molecule has 0 fully saturated rings. The number of rotatable bonds is 0. The summed E-state index contributed by atoms with van der Waals surface area (Å²) in [5.74, 6) is 0.437. The van der Waals surface area contributed by atoms with Crippen molar-refractivity contribution in [2.75, 3.05) is 0 Å². The van der Waals surface area contributed by atoms with E-state index in [9.17, 15) is 13.2 Å². The third kappa shape index (κ3) is 2.28. The summed E-state index contributed by atoms with van der Waals surface area (Å²) >= 11 is 0. The molecule has 0 bridgehead atoms. The summed E-state index contributed by atoms with van der Waals surface area (Å²) < 4.78 is 42.9. The third-order valence-electron chi connectivity index (χ3n) is 2.36. The molecule has 1 aromatic heterocycles. The van der Waals surface area contributed by atoms with Crippen molar-refractivity contribution in [3.8, 4) is 0 Å². The Bertz CT molecular complexity index is 537. The molecule has 5 heteroatoms. The van der Waals surface area contributed by atoms with Gasteiger partial charge >= 0.3 is 6.18 Å². The Morgan fingerprint density at radius 3 is 2.29 bits per heavy atom. The molecular weight excluding hydrogens is 231 g/mol. The molecule has 1 heterocycles. The molecule has 0 N–H and O–H groups in total. The Kier molecular flexibility index (Phi) is 2.45. The molecule has 17 heavy (non-hydrogen) atoms. The Hall–Kier alpha value is -1.52. The van der Waals surface area contributed by atoms with Gasteiger partial charge in [0.05, 0.1) is 5.56 Å². The normalized spacial score (nSPS) is 13.3. The van der Waals surface area contributed by atoms with Crippen LogP contribution in [-0.2, 0) is 11.6 Å². The average molecular weight is 243 g/mol. The molecule has 0 aliphatic rings. The van der Waals surface area contributed by atoms with Crippen molar-refractivity contribution < 1.29 is 17.6 Å². The predicted octanol–water partition coefficient (Wildman–Crippen LogP) is 4.14. The number of aromatic nitrogens is 1. The Labute approximate surface area is 96.4 Å². The molecular formula is C12H12F3NO. The zero-order valence-electron chi connectivity index (χ0n) is 9.72. The quantitative estimate of drug-likeness (QED) is 0.694. The van der Waals surface area contributed by atoms with Crippen LogP contribution in [-0.4, -0.2) is 4.98 Å². The molecule has 0 aliphatic heterocycles. The maximum absolute atomic E-state index is 12.5. The lowest BCUT2D eigenvalue weighted by Crippen LogP contribution is -2.11. The number of hydrogen-bond donors (Lipinski definition) is 0. The van der Waals surface area contributed by atoms with Crippen molar-refractivity contribution in [3.63, 3.8) is 0 Å². The molecule has 92 valence electrons. The molecule has 2 nitrogen and oxygen atoms in total. The second-order valence-electron chi connectivity index (χ2n) is 4.95. The molecule has 0 radical (unpaired) electrons. The first-order valence-corrected chi connectivity index (χ1v) is 5.16. The summed E-state index contributed by atoms with van der Waals surface area (Å²) in [5.41, 5.74) is -0.413. The first-order valence-electron chi connectivity index (χ1n) is 5.16. The van der Waals surface area contributed by atoms with Crippen molar-refractivity contribution in [2.45, 2.75) is 32.4 Å². The number of fused-ring (bicyclic) bond motifs is 1. The molecule has 0 amide bonds. The van der Waals surface area contributed by atoms with Crippen LogP contribution in [0.5, 0.6) is 0 Å². The van der Waals surface area contributed by atoms with Gasteiger partial charge < -0.3 is 4.42 Å². The summed E-state index contributed by atoms with van der Waals surface area (Å²) in [5, 5.41) is 0. The zero-order valence-corrected chi connectivity index (χ0v) is 9.72. The van der Waals surface area contributed by atoms with Crippen LogP contribution in [0.3, 0.4) is 0 Å². The Balaban J connectivity index is 2.56. The maximum atomic E-state index is 12.5. The fraction of sp³-hybridized carbons (Fsp3) is 0.417. The largest absolute Gasteiger partial charge is 0.440 e. The SMILES string of the molecule is CC(C)(C)c1nc2cc(C(F)(F)F)ccc2o1. The van der Waals surface area contributed by atoms with Crippen LogP contribution in [0.4, 0.5) is 13.2 Å². The smallest absolute Gasteiger partial charge is 0.416 e. The van der Waals surface area contributed by atoms with Gasteiger partial charge in [-0.25, -0.2) is 4.98 Å². The summed E-state index contributed by atoms with van der Waals surface area (Å²) in [4.78, 5) is 4.09. The molecule has 0 saturated carbocycles. The van der Waals surface area contributed by atoms with Crippen LogP contribution in [0.25, 0.3) is 11.1 Å². The van der Waals surface area contributed by atoms with Crippen LogP contribution in [0.2, 0.25) is 0 Å². The average Bonchev–Trinajstić information content (AvgIpc) is 2.57. The number of hydrogen-bond acceptors (Lipinski definition) is 2. The van der Waals surface area contributed by atoms with Crippen molar-refractivity contribution in [1.29, 1.82) is 0 Å². The van der Waals surface area contributed by atoms with Crippen molar-refractivity contribution >= 4 is 11.1 Å². The highest BCUT2D eigenvalue weighted by molar-refractivity contribution is 5.73. The maximum Gasteiger partial charge on any atom is 0.416 e. The van der Waals surface area contributed by atoms with Gasteiger partial charge in [-0.1, -0.05) is 20.8 Å². The summed E-state index contributed by atoms with van der Waals surface area (Å²) in [7, 11) is 0. The molecule has 0 atom stereocenters. The molecule has 0 spiro atoms. The van der Waals surface area contributed by atoms with Gasteiger partial charge in [0.2, 0.25) is 5.89 Å². The van der Waals surface area contributed by atoms with E-state index in [0.29, 0.717) is 11.5 Å². The van der Waals surface area contributed by atoms with Gasteiger partial charge in [-0.05, 0) is 18.2 Å². The molecule has 0 aliphatic carbocycles. The van der Waals surface area contributed by atoms with Gasteiger partial charge in [0, 0.05) is 5.41 Å². The van der Waals surface area contributed by atoms with E-state index in [-0.39, 0.29) is 10.9 Å². The van der Waals surface area contributed by atoms with E-state index in [1.165, 1.54) is 6.07 Å². The van der Waals surface area contributed by atoms with Gasteiger partial charge in [0.15, 0.2) is 5.58 Å². The predicted molar refractivity (Wildman–Crippen MR) is 57.7 cm³/mol. The van der Waals surface area contributed by atoms with Gasteiger partial charge in [0.25, 0.3) is 0 Å². The number of oxazole rings is 1. The first kappa shape index (κ1) is 12.0. The minimum Gasteiger partial charge on any atom is -0.440 e. The first-order chi connectivity index (χ1) is 7.68. The minimum absolute atomic E-state index is 0.241. The summed E-state index contributed by atoms with van der Waals surface area (Å²) in [6, 6.07) is 3.31. The van der Waals surface area contributed by atoms with Gasteiger partial charge in [-0.15, -0.1) is 0 Å². The highest BCUT2D eigenvalue weighted by atomic mass is 19.4. The van der Waals surface area contributed by atoms with E-state index < -0.39 is 11.7 Å². The van der Waals surface area contributed by atoms with Crippen LogP contribution in [0.15, 0.2) is 22.6 Å². The van der Waals surface area contributed by atoms with E-state index in [1.54, 1.807) is 0 Å². The molecule has 2 rings (SSSR count). The highest BCUT2D eigenvalue weighted by Gasteiger charge is 2.31. The lowest BCUT2D eigenvalue weighted by Gasteiger charge is -2.11. The highest BCUT2D eigenvalue weighted by Crippen LogP contribution is 2.32. The number of alkyl halides is 3. The number of benzene rings is 1. The lowest BCUT2D eigenvalue weighted by atomic mass is 9.97. The fourth-order valence-corrected chi connectivity index (χ4v) is 1.42. The zero-order chi connectivity index (χ0) is 12.8. The number of halogens is 3. The van der Waals surface area contributed by atoms with E-state index in [2.05, 4.69) is 4.98 Å². The van der Waals surface area contributed by atoms with Gasteiger partial charge in [-0.2, -0.15) is 13.2 Å². The van der Waals surface area contributed by atoms with Gasteiger partial charge in [-0.3, -0.25) is 0 Å². The van der Waals surface area contributed by atoms with E-state index >= 15 is 0 Å². The second-order valence-corrected chi connectivity index (χ2v) is 4.95. The van der Waals surface area contributed by atoms with Crippen LogP contribution >= 0.6 is 0 Å². The molecule has 1 aromatic carbocycles. The molecule has 0 unspecified atom stereocenters. The lowest BCUT2D eigenvalue weighted by molar-refractivity contribution is -0.137. The van der Waals surface area contributed by atoms with E-state index in [1.807, 2.05) is 20.8 Å². The van der Waals surface area contributed by atoms with Crippen LogP contribution in [0.1, 0.15) is 32.2 Å². The summed E-state index contributed by atoms with van der Waals surface area (Å²) in [6.45, 7) is 5.67. The van der Waals surface area contributed by atoms with Crippen molar-refractivity contribution in [1.82, 2.24) is 4.98 Å². The topological polar surface area (TPSA) is 26.0 Å². The Morgan fingerprint density at radius 2 is 1.76 bits per heavy atom. The monoisotopic (exact) mass is 243 g/mol. The minimum atomic E-state index is -4.35. The fourth-order valence-electron chi connectivity index (χ4n) is 1.42. The van der Waals surface area contributed by atoms with Crippen LogP contribution in [0, 0.1) is 0 Å². The van der Waals surface area contributed by atoms with Gasteiger partial charge in [0.1, 0.15) is 5.52 Å². The van der Waals surface area contributed by atoms with E-state index in [4.69, 9.17) is 4.42 Å².